The van der Waals surface area contributed by atoms with Crippen LogP contribution in [0.1, 0.15) is 71.1 Å². The predicted molar refractivity (Wildman–Crippen MR) is 97.6 cm³/mol. The second-order valence-electron chi connectivity index (χ2n) is 8.36. The van der Waals surface area contributed by atoms with Crippen LogP contribution in [0.3, 0.4) is 0 Å². The van der Waals surface area contributed by atoms with Gasteiger partial charge in [0.1, 0.15) is 5.75 Å². The van der Waals surface area contributed by atoms with Gasteiger partial charge in [-0.25, -0.2) is 13.2 Å². The molecule has 0 unspecified atom stereocenters. The van der Waals surface area contributed by atoms with Crippen molar-refractivity contribution in [1.29, 1.82) is 0 Å². The van der Waals surface area contributed by atoms with Crippen LogP contribution in [-0.4, -0.2) is 6.61 Å². The van der Waals surface area contributed by atoms with Crippen LogP contribution >= 0.6 is 0 Å². The van der Waals surface area contributed by atoms with Crippen LogP contribution in [0.2, 0.25) is 0 Å². The maximum Gasteiger partial charge on any atom is 0.194 e. The Labute approximate surface area is 155 Å². The van der Waals surface area contributed by atoms with Crippen molar-refractivity contribution in [3.8, 4) is 5.75 Å². The first-order valence-corrected chi connectivity index (χ1v) is 10.3. The zero-order chi connectivity index (χ0) is 18.5. The van der Waals surface area contributed by atoms with E-state index >= 15 is 0 Å². The number of hydrogen-bond donors (Lipinski definition) is 0. The molecule has 0 saturated heterocycles. The van der Waals surface area contributed by atoms with E-state index < -0.39 is 17.5 Å². The fraction of sp³-hybridized carbons (Fsp3) is 0.727. The molecule has 0 N–H and O–H groups in total. The van der Waals surface area contributed by atoms with Crippen molar-refractivity contribution >= 4 is 0 Å². The molecule has 1 nitrogen and oxygen atoms in total. The van der Waals surface area contributed by atoms with Crippen molar-refractivity contribution in [2.45, 2.75) is 71.1 Å². The van der Waals surface area contributed by atoms with E-state index in [-0.39, 0.29) is 5.75 Å². The fourth-order valence-corrected chi connectivity index (χ4v) is 5.01. The third-order valence-corrected chi connectivity index (χ3v) is 6.59. The van der Waals surface area contributed by atoms with Gasteiger partial charge in [0.15, 0.2) is 17.5 Å². The lowest BCUT2D eigenvalue weighted by Crippen LogP contribution is -2.27. The zero-order valence-corrected chi connectivity index (χ0v) is 15.8. The summed E-state index contributed by atoms with van der Waals surface area (Å²) in [6, 6.07) is 1.86. The summed E-state index contributed by atoms with van der Waals surface area (Å²) in [5, 5.41) is 0. The van der Waals surface area contributed by atoms with Crippen molar-refractivity contribution in [2.75, 3.05) is 6.61 Å². The van der Waals surface area contributed by atoms with Crippen molar-refractivity contribution in [1.82, 2.24) is 0 Å². The Morgan fingerprint density at radius 1 is 0.808 bits per heavy atom. The topological polar surface area (TPSA) is 9.23 Å². The third kappa shape index (κ3) is 4.95. The molecule has 0 bridgehead atoms. The third-order valence-electron chi connectivity index (χ3n) is 6.59. The van der Waals surface area contributed by atoms with E-state index in [4.69, 9.17) is 4.74 Å². The molecule has 1 aromatic carbocycles. The van der Waals surface area contributed by atoms with E-state index in [0.717, 1.165) is 42.7 Å². The summed E-state index contributed by atoms with van der Waals surface area (Å²) in [6.45, 7) is 2.74. The first kappa shape index (κ1) is 19.6. The largest absolute Gasteiger partial charge is 0.493 e. The normalized spacial score (nSPS) is 29.5. The Balaban J connectivity index is 1.40. The lowest BCUT2D eigenvalue weighted by molar-refractivity contribution is 0.121. The van der Waals surface area contributed by atoms with E-state index in [9.17, 15) is 13.2 Å². The molecule has 2 saturated carbocycles. The average Bonchev–Trinajstić information content (AvgIpc) is 2.66. The SMILES string of the molecule is CCCC1CCC(C2CCC(COc3cc(F)c(F)c(F)c3)CC2)CC1. The Morgan fingerprint density at radius 2 is 1.31 bits per heavy atom. The number of hydrogen-bond acceptors (Lipinski definition) is 1. The van der Waals surface area contributed by atoms with Gasteiger partial charge in [-0.1, -0.05) is 32.6 Å². The molecule has 4 heteroatoms. The van der Waals surface area contributed by atoms with Gasteiger partial charge in [0.2, 0.25) is 0 Å². The monoisotopic (exact) mass is 368 g/mol. The maximum absolute atomic E-state index is 13.2. The second-order valence-corrected chi connectivity index (χ2v) is 8.36. The lowest BCUT2D eigenvalue weighted by atomic mass is 9.69. The molecule has 0 spiro atoms. The first-order valence-electron chi connectivity index (χ1n) is 10.3. The van der Waals surface area contributed by atoms with E-state index in [1.165, 1.54) is 51.4 Å². The first-order chi connectivity index (χ1) is 12.6. The van der Waals surface area contributed by atoms with Crippen molar-refractivity contribution in [3.05, 3.63) is 29.6 Å². The van der Waals surface area contributed by atoms with Crippen LogP contribution in [0.15, 0.2) is 12.1 Å². The lowest BCUT2D eigenvalue weighted by Gasteiger charge is -2.37. The molecule has 146 valence electrons. The number of ether oxygens (including phenoxy) is 1. The van der Waals surface area contributed by atoms with Gasteiger partial charge in [-0.15, -0.1) is 0 Å². The smallest absolute Gasteiger partial charge is 0.194 e. The Morgan fingerprint density at radius 3 is 1.81 bits per heavy atom. The molecule has 3 rings (SSSR count). The minimum Gasteiger partial charge on any atom is -0.493 e. The van der Waals surface area contributed by atoms with E-state index in [1.807, 2.05) is 0 Å². The number of benzene rings is 1. The van der Waals surface area contributed by atoms with E-state index in [1.54, 1.807) is 0 Å². The van der Waals surface area contributed by atoms with Gasteiger partial charge in [0, 0.05) is 12.1 Å². The van der Waals surface area contributed by atoms with Gasteiger partial charge in [-0.05, 0) is 62.2 Å². The molecule has 0 aliphatic heterocycles. The molecular weight excluding hydrogens is 337 g/mol. The highest BCUT2D eigenvalue weighted by Gasteiger charge is 2.30. The standard InChI is InChI=1S/C22H31F3O/c1-2-3-15-4-8-17(9-5-15)18-10-6-16(7-11-18)14-26-19-12-20(23)22(25)21(24)13-19/h12-13,15-18H,2-11,14H2,1H3. The van der Waals surface area contributed by atoms with Crippen molar-refractivity contribution < 1.29 is 17.9 Å². The minimum absolute atomic E-state index is 0.0813. The van der Waals surface area contributed by atoms with Crippen LogP contribution in [0, 0.1) is 41.1 Å². The van der Waals surface area contributed by atoms with Gasteiger partial charge in [0.25, 0.3) is 0 Å². The van der Waals surface area contributed by atoms with Crippen LogP contribution in [0.5, 0.6) is 5.75 Å². The Bertz CT molecular complexity index is 550. The van der Waals surface area contributed by atoms with Crippen LogP contribution in [-0.2, 0) is 0 Å². The predicted octanol–water partition coefficient (Wildman–Crippen LogP) is 6.90. The molecule has 1 aromatic rings. The Kier molecular flexibility index (Phi) is 6.88. The zero-order valence-electron chi connectivity index (χ0n) is 15.8. The van der Waals surface area contributed by atoms with E-state index in [0.29, 0.717) is 12.5 Å². The molecule has 2 fully saturated rings. The van der Waals surface area contributed by atoms with Gasteiger partial charge in [-0.3, -0.25) is 0 Å². The van der Waals surface area contributed by atoms with Crippen LogP contribution in [0.4, 0.5) is 13.2 Å². The highest BCUT2D eigenvalue weighted by atomic mass is 19.2. The summed E-state index contributed by atoms with van der Waals surface area (Å²) in [5.74, 6) is -0.620. The van der Waals surface area contributed by atoms with Crippen LogP contribution in [0.25, 0.3) is 0 Å². The van der Waals surface area contributed by atoms with Crippen LogP contribution < -0.4 is 4.74 Å². The molecule has 0 radical (unpaired) electrons. The summed E-state index contributed by atoms with van der Waals surface area (Å²) in [7, 11) is 0. The van der Waals surface area contributed by atoms with Crippen molar-refractivity contribution in [3.63, 3.8) is 0 Å². The summed E-state index contributed by atoms with van der Waals surface area (Å²) in [5.41, 5.74) is 0. The molecule has 0 aromatic heterocycles. The molecule has 26 heavy (non-hydrogen) atoms. The molecular formula is C22H31F3O. The number of rotatable bonds is 6. The van der Waals surface area contributed by atoms with Crippen molar-refractivity contribution in [2.24, 2.45) is 23.7 Å². The Hall–Kier alpha value is -1.19. The molecule has 0 atom stereocenters. The molecule has 2 aliphatic carbocycles. The molecule has 0 amide bonds. The van der Waals surface area contributed by atoms with Gasteiger partial charge >= 0.3 is 0 Å². The van der Waals surface area contributed by atoms with Gasteiger partial charge in [-0.2, -0.15) is 0 Å². The summed E-state index contributed by atoms with van der Waals surface area (Å²) in [6.07, 6.45) is 13.0. The highest BCUT2D eigenvalue weighted by molar-refractivity contribution is 5.25. The summed E-state index contributed by atoms with van der Waals surface area (Å²) < 4.78 is 45.0. The maximum atomic E-state index is 13.2. The number of halogens is 3. The highest BCUT2D eigenvalue weighted by Crippen LogP contribution is 2.42. The summed E-state index contributed by atoms with van der Waals surface area (Å²) in [4.78, 5) is 0. The summed E-state index contributed by atoms with van der Waals surface area (Å²) >= 11 is 0. The van der Waals surface area contributed by atoms with E-state index in [2.05, 4.69) is 6.92 Å². The minimum atomic E-state index is -1.44. The van der Waals surface area contributed by atoms with Gasteiger partial charge in [0.05, 0.1) is 6.61 Å². The molecule has 0 heterocycles. The quantitative estimate of drug-likeness (QED) is 0.496. The fourth-order valence-electron chi connectivity index (χ4n) is 5.01. The second kappa shape index (κ2) is 9.14. The molecule has 2 aliphatic rings. The van der Waals surface area contributed by atoms with Gasteiger partial charge < -0.3 is 4.74 Å². The average molecular weight is 368 g/mol.